The molecule has 6 nitrogen and oxygen atoms in total. The van der Waals surface area contributed by atoms with E-state index in [9.17, 15) is 14.7 Å². The van der Waals surface area contributed by atoms with Crippen molar-refractivity contribution in [2.45, 2.75) is 13.8 Å². The fourth-order valence-electron chi connectivity index (χ4n) is 2.40. The van der Waals surface area contributed by atoms with Gasteiger partial charge in [0.15, 0.2) is 0 Å². The largest absolute Gasteiger partial charge is 0.507 e. The number of para-hydroxylation sites is 1. The van der Waals surface area contributed by atoms with E-state index in [1.54, 1.807) is 18.2 Å². The molecule has 0 saturated carbocycles. The first-order valence-electron chi connectivity index (χ1n) is 7.18. The van der Waals surface area contributed by atoms with Crippen molar-refractivity contribution in [3.63, 3.8) is 0 Å². The Balaban J connectivity index is 2.24. The topological polar surface area (TPSA) is 109 Å². The van der Waals surface area contributed by atoms with Gasteiger partial charge < -0.3 is 15.8 Å². The Bertz CT molecular complexity index is 1050. The molecular weight excluding hydrogens is 326 g/mol. The van der Waals surface area contributed by atoms with Crippen LogP contribution in [0, 0.1) is 13.8 Å². The molecule has 0 atom stereocenters. The summed E-state index contributed by atoms with van der Waals surface area (Å²) in [6, 6.07) is 6.51. The number of phenols is 1. The molecule has 0 aliphatic rings. The van der Waals surface area contributed by atoms with Crippen molar-refractivity contribution < 1.29 is 9.90 Å². The molecule has 1 amide bonds. The van der Waals surface area contributed by atoms with E-state index in [0.717, 1.165) is 10.4 Å². The number of carbonyl (C=O) groups excluding carboxylic acids is 1. The van der Waals surface area contributed by atoms with Crippen LogP contribution in [0.5, 0.6) is 5.75 Å². The fraction of sp³-hybridized carbons (Fsp3) is 0.118. The summed E-state index contributed by atoms with van der Waals surface area (Å²) in [7, 11) is 0. The van der Waals surface area contributed by atoms with Crippen molar-refractivity contribution in [1.82, 2.24) is 9.97 Å². The third-order valence-electron chi connectivity index (χ3n) is 3.80. The zero-order valence-electron chi connectivity index (χ0n) is 13.1. The van der Waals surface area contributed by atoms with Gasteiger partial charge in [-0.15, -0.1) is 11.3 Å². The third kappa shape index (κ3) is 2.69. The molecule has 3 rings (SSSR count). The number of nitrogens with one attached hydrogen (secondary N) is 1. The molecule has 0 spiro atoms. The molecule has 0 fully saturated rings. The van der Waals surface area contributed by atoms with Crippen LogP contribution in [-0.4, -0.2) is 21.0 Å². The number of nitrogens with two attached hydrogens (primary N) is 1. The van der Waals surface area contributed by atoms with Gasteiger partial charge in [0, 0.05) is 10.4 Å². The average Bonchev–Trinajstić information content (AvgIpc) is 2.81. The lowest BCUT2D eigenvalue weighted by Crippen LogP contribution is -2.18. The van der Waals surface area contributed by atoms with Gasteiger partial charge in [-0.25, -0.2) is 4.98 Å². The van der Waals surface area contributed by atoms with Gasteiger partial charge >= 0.3 is 0 Å². The zero-order valence-corrected chi connectivity index (χ0v) is 13.9. The highest BCUT2D eigenvalue weighted by Crippen LogP contribution is 2.27. The highest BCUT2D eigenvalue weighted by molar-refractivity contribution is 7.18. The molecule has 0 radical (unpaired) electrons. The number of nitrogens with zero attached hydrogens (tertiary/aromatic N) is 1. The van der Waals surface area contributed by atoms with Crippen LogP contribution in [0.1, 0.15) is 21.8 Å². The SMILES string of the molecule is Cc1sc2nc(/C(=C\c3ccccc3O)C(N)=O)[nH]c(=O)c2c1C. The fourth-order valence-corrected chi connectivity index (χ4v) is 3.43. The van der Waals surface area contributed by atoms with Crippen LogP contribution in [0.15, 0.2) is 29.1 Å². The van der Waals surface area contributed by atoms with Gasteiger partial charge in [-0.05, 0) is 31.6 Å². The first-order valence-corrected chi connectivity index (χ1v) is 8.00. The van der Waals surface area contributed by atoms with Gasteiger partial charge in [-0.1, -0.05) is 18.2 Å². The number of aryl methyl sites for hydroxylation is 2. The number of thiophene rings is 1. The van der Waals surface area contributed by atoms with Crippen molar-refractivity contribution in [2.75, 3.05) is 0 Å². The minimum atomic E-state index is -0.745. The van der Waals surface area contributed by atoms with Gasteiger partial charge in [0.25, 0.3) is 11.5 Å². The molecule has 24 heavy (non-hydrogen) atoms. The summed E-state index contributed by atoms with van der Waals surface area (Å²) in [5, 5.41) is 10.4. The Morgan fingerprint density at radius 1 is 1.33 bits per heavy atom. The Morgan fingerprint density at radius 2 is 2.04 bits per heavy atom. The van der Waals surface area contributed by atoms with Crippen molar-refractivity contribution in [2.24, 2.45) is 5.73 Å². The van der Waals surface area contributed by atoms with E-state index in [2.05, 4.69) is 9.97 Å². The number of hydrogen-bond donors (Lipinski definition) is 3. The molecule has 0 aliphatic heterocycles. The summed E-state index contributed by atoms with van der Waals surface area (Å²) >= 11 is 1.39. The number of amides is 1. The Hall–Kier alpha value is -2.93. The van der Waals surface area contributed by atoms with Crippen molar-refractivity contribution in [3.05, 3.63) is 56.4 Å². The number of primary amides is 1. The van der Waals surface area contributed by atoms with Crippen LogP contribution in [0.25, 0.3) is 21.9 Å². The number of fused-ring (bicyclic) bond motifs is 1. The van der Waals surface area contributed by atoms with E-state index in [1.807, 2.05) is 13.8 Å². The van der Waals surface area contributed by atoms with E-state index in [0.29, 0.717) is 15.8 Å². The lowest BCUT2D eigenvalue weighted by atomic mass is 10.1. The molecule has 0 unspecified atom stereocenters. The maximum absolute atomic E-state index is 12.4. The van der Waals surface area contributed by atoms with E-state index in [1.165, 1.54) is 23.5 Å². The van der Waals surface area contributed by atoms with Crippen LogP contribution in [0.4, 0.5) is 0 Å². The first kappa shape index (κ1) is 15.9. The van der Waals surface area contributed by atoms with Gasteiger partial charge in [0.2, 0.25) is 0 Å². The smallest absolute Gasteiger partial charge is 0.260 e. The van der Waals surface area contributed by atoms with Crippen LogP contribution >= 0.6 is 11.3 Å². The van der Waals surface area contributed by atoms with Crippen LogP contribution in [0.3, 0.4) is 0 Å². The van der Waals surface area contributed by atoms with Crippen molar-refractivity contribution in [3.8, 4) is 5.75 Å². The number of benzene rings is 1. The second kappa shape index (κ2) is 5.93. The van der Waals surface area contributed by atoms with E-state index < -0.39 is 5.91 Å². The highest BCUT2D eigenvalue weighted by Gasteiger charge is 2.17. The Morgan fingerprint density at radius 3 is 2.71 bits per heavy atom. The van der Waals surface area contributed by atoms with Crippen LogP contribution < -0.4 is 11.3 Å². The number of hydrogen-bond acceptors (Lipinski definition) is 5. The minimum Gasteiger partial charge on any atom is -0.507 e. The summed E-state index contributed by atoms with van der Waals surface area (Å²) in [6.45, 7) is 3.77. The van der Waals surface area contributed by atoms with E-state index in [-0.39, 0.29) is 22.7 Å². The highest BCUT2D eigenvalue weighted by atomic mass is 32.1. The standard InChI is InChI=1S/C17H15N3O3S/c1-8-9(2)24-17-13(8)16(23)19-15(20-17)11(14(18)22)7-10-5-3-4-6-12(10)21/h3-7,21H,1-2H3,(H2,18,22)(H,19,20,23)/b11-7-. The third-order valence-corrected chi connectivity index (χ3v) is 4.90. The number of phenolic OH excluding ortho intramolecular Hbond substituents is 1. The predicted molar refractivity (Wildman–Crippen MR) is 94.9 cm³/mol. The zero-order chi connectivity index (χ0) is 17.4. The molecule has 1 aromatic carbocycles. The Labute approximate surface area is 141 Å². The summed E-state index contributed by atoms with van der Waals surface area (Å²) in [5.41, 5.74) is 6.44. The summed E-state index contributed by atoms with van der Waals surface area (Å²) in [4.78, 5) is 32.7. The second-order valence-corrected chi connectivity index (χ2v) is 6.56. The maximum atomic E-state index is 12.4. The number of H-pyrrole nitrogens is 1. The number of aromatic amines is 1. The molecule has 0 aliphatic carbocycles. The molecule has 2 heterocycles. The quantitative estimate of drug-likeness (QED) is 0.635. The first-order chi connectivity index (χ1) is 11.4. The molecule has 0 saturated heterocycles. The molecule has 4 N–H and O–H groups in total. The minimum absolute atomic E-state index is 0.00230. The van der Waals surface area contributed by atoms with Crippen molar-refractivity contribution >= 4 is 39.1 Å². The normalized spacial score (nSPS) is 11.8. The molecular formula is C17H15N3O3S. The second-order valence-electron chi connectivity index (χ2n) is 5.36. The number of rotatable bonds is 3. The average molecular weight is 341 g/mol. The van der Waals surface area contributed by atoms with E-state index >= 15 is 0 Å². The lowest BCUT2D eigenvalue weighted by Gasteiger charge is -2.05. The van der Waals surface area contributed by atoms with Crippen LogP contribution in [0.2, 0.25) is 0 Å². The van der Waals surface area contributed by atoms with Gasteiger partial charge in [-0.3, -0.25) is 9.59 Å². The number of aromatic nitrogens is 2. The van der Waals surface area contributed by atoms with Gasteiger partial charge in [-0.2, -0.15) is 0 Å². The monoisotopic (exact) mass is 341 g/mol. The van der Waals surface area contributed by atoms with Crippen molar-refractivity contribution in [1.29, 1.82) is 0 Å². The lowest BCUT2D eigenvalue weighted by molar-refractivity contribution is -0.112. The summed E-state index contributed by atoms with van der Waals surface area (Å²) in [6.07, 6.45) is 1.41. The maximum Gasteiger partial charge on any atom is 0.260 e. The summed E-state index contributed by atoms with van der Waals surface area (Å²) in [5.74, 6) is -0.655. The molecule has 7 heteroatoms. The molecule has 3 aromatic rings. The van der Waals surface area contributed by atoms with E-state index in [4.69, 9.17) is 5.73 Å². The Kier molecular flexibility index (Phi) is 3.94. The number of aromatic hydroxyl groups is 1. The van der Waals surface area contributed by atoms with Gasteiger partial charge in [0.1, 0.15) is 16.4 Å². The molecule has 0 bridgehead atoms. The summed E-state index contributed by atoms with van der Waals surface area (Å²) < 4.78 is 0. The molecule has 122 valence electrons. The molecule has 2 aromatic heterocycles. The van der Waals surface area contributed by atoms with Crippen LogP contribution in [-0.2, 0) is 4.79 Å². The number of carbonyl (C=O) groups is 1. The van der Waals surface area contributed by atoms with Gasteiger partial charge in [0.05, 0.1) is 11.0 Å². The predicted octanol–water partition coefficient (Wildman–Crippen LogP) is 2.33.